The van der Waals surface area contributed by atoms with E-state index in [2.05, 4.69) is 5.32 Å². The highest BCUT2D eigenvalue weighted by Gasteiger charge is 2.49. The third-order valence-electron chi connectivity index (χ3n) is 4.63. The van der Waals surface area contributed by atoms with Gasteiger partial charge in [0.2, 0.25) is 0 Å². The van der Waals surface area contributed by atoms with Crippen LogP contribution in [0.4, 0.5) is 0 Å². The van der Waals surface area contributed by atoms with Crippen LogP contribution >= 0.6 is 0 Å². The highest BCUT2D eigenvalue weighted by molar-refractivity contribution is 5.81. The molecule has 108 valence electrons. The van der Waals surface area contributed by atoms with Crippen molar-refractivity contribution in [2.45, 2.75) is 82.1 Å². The van der Waals surface area contributed by atoms with E-state index in [1.165, 1.54) is 32.1 Å². The smallest absolute Gasteiger partial charge is 0.326 e. The maximum Gasteiger partial charge on any atom is 0.326 e. The first-order chi connectivity index (χ1) is 9.22. The molecular formula is C15H25NO3. The van der Waals surface area contributed by atoms with Gasteiger partial charge in [-0.15, -0.1) is 0 Å². The third-order valence-corrected chi connectivity index (χ3v) is 4.63. The summed E-state index contributed by atoms with van der Waals surface area (Å²) >= 11 is 0. The molecule has 19 heavy (non-hydrogen) atoms. The average Bonchev–Trinajstić information content (AvgIpc) is 3.04. The van der Waals surface area contributed by atoms with Crippen LogP contribution in [0, 0.1) is 0 Å². The summed E-state index contributed by atoms with van der Waals surface area (Å²) in [6, 6.07) is 0.520. The lowest BCUT2D eigenvalue weighted by atomic mass is 9.95. The normalized spacial score (nSPS) is 35.1. The minimum atomic E-state index is -0.467. The average molecular weight is 267 g/mol. The van der Waals surface area contributed by atoms with E-state index in [0.717, 1.165) is 19.3 Å². The lowest BCUT2D eigenvalue weighted by Crippen LogP contribution is -2.52. The summed E-state index contributed by atoms with van der Waals surface area (Å²) in [6.07, 6.45) is 9.38. The second-order valence-electron chi connectivity index (χ2n) is 6.27. The van der Waals surface area contributed by atoms with Crippen LogP contribution in [-0.4, -0.2) is 36.4 Å². The van der Waals surface area contributed by atoms with E-state index in [9.17, 15) is 4.79 Å². The van der Waals surface area contributed by atoms with Crippen molar-refractivity contribution in [1.29, 1.82) is 0 Å². The Morgan fingerprint density at radius 2 is 2.00 bits per heavy atom. The van der Waals surface area contributed by atoms with Crippen LogP contribution in [-0.2, 0) is 14.3 Å². The zero-order valence-electron chi connectivity index (χ0n) is 11.8. The number of carbonyl (C=O) groups excluding carboxylic acids is 1. The number of rotatable bonds is 6. The van der Waals surface area contributed by atoms with Gasteiger partial charge in [0.1, 0.15) is 5.54 Å². The van der Waals surface area contributed by atoms with E-state index in [-0.39, 0.29) is 12.1 Å². The molecule has 0 heterocycles. The number of nitrogens with one attached hydrogen (secondary N) is 1. The lowest BCUT2D eigenvalue weighted by Gasteiger charge is -2.31. The first-order valence-electron chi connectivity index (χ1n) is 7.82. The number of esters is 1. The molecule has 3 aliphatic rings. The summed E-state index contributed by atoms with van der Waals surface area (Å²) in [5.41, 5.74) is -0.467. The Morgan fingerprint density at radius 3 is 2.58 bits per heavy atom. The fourth-order valence-electron chi connectivity index (χ4n) is 3.16. The zero-order chi connectivity index (χ0) is 13.3. The minimum absolute atomic E-state index is 0.0680. The Hall–Kier alpha value is -0.610. The van der Waals surface area contributed by atoms with Gasteiger partial charge in [0.15, 0.2) is 0 Å². The summed E-state index contributed by atoms with van der Waals surface area (Å²) in [5, 5.41) is 3.54. The third kappa shape index (κ3) is 2.95. The SMILES string of the molecule is CCOC(=O)C1(NC2CC2)CCC(OC2CCC2)C1. The predicted molar refractivity (Wildman–Crippen MR) is 71.9 cm³/mol. The topological polar surface area (TPSA) is 47.6 Å². The van der Waals surface area contributed by atoms with Gasteiger partial charge in [0.25, 0.3) is 0 Å². The van der Waals surface area contributed by atoms with Crippen LogP contribution in [0.3, 0.4) is 0 Å². The summed E-state index contributed by atoms with van der Waals surface area (Å²) in [7, 11) is 0. The maximum atomic E-state index is 12.3. The van der Waals surface area contributed by atoms with E-state index < -0.39 is 5.54 Å². The van der Waals surface area contributed by atoms with Crippen molar-refractivity contribution >= 4 is 5.97 Å². The fourth-order valence-corrected chi connectivity index (χ4v) is 3.16. The van der Waals surface area contributed by atoms with E-state index in [0.29, 0.717) is 18.8 Å². The molecule has 0 bridgehead atoms. The van der Waals surface area contributed by atoms with Crippen LogP contribution in [0.5, 0.6) is 0 Å². The quantitative estimate of drug-likeness (QED) is 0.749. The molecule has 0 aliphatic heterocycles. The Bertz CT molecular complexity index is 338. The summed E-state index contributed by atoms with van der Waals surface area (Å²) in [4.78, 5) is 12.3. The van der Waals surface area contributed by atoms with Crippen molar-refractivity contribution in [3.8, 4) is 0 Å². The van der Waals surface area contributed by atoms with Crippen molar-refractivity contribution in [2.24, 2.45) is 0 Å². The molecule has 4 heteroatoms. The number of carbonyl (C=O) groups is 1. The van der Waals surface area contributed by atoms with Gasteiger partial charge in [-0.3, -0.25) is 10.1 Å². The summed E-state index contributed by atoms with van der Waals surface area (Å²) in [5.74, 6) is -0.0680. The second kappa shape index (κ2) is 5.41. The van der Waals surface area contributed by atoms with Gasteiger partial charge in [-0.2, -0.15) is 0 Å². The molecule has 1 N–H and O–H groups in total. The van der Waals surface area contributed by atoms with E-state index >= 15 is 0 Å². The van der Waals surface area contributed by atoms with Crippen LogP contribution in [0.25, 0.3) is 0 Å². The van der Waals surface area contributed by atoms with Crippen LogP contribution in [0.1, 0.15) is 58.3 Å². The Kier molecular flexibility index (Phi) is 3.81. The lowest BCUT2D eigenvalue weighted by molar-refractivity contribution is -0.152. The number of hydrogen-bond donors (Lipinski definition) is 1. The molecule has 2 unspecified atom stereocenters. The molecule has 3 aliphatic carbocycles. The van der Waals surface area contributed by atoms with Crippen molar-refractivity contribution in [3.63, 3.8) is 0 Å². The van der Waals surface area contributed by atoms with Crippen molar-refractivity contribution < 1.29 is 14.3 Å². The Balaban J connectivity index is 1.60. The van der Waals surface area contributed by atoms with Crippen LogP contribution in [0.2, 0.25) is 0 Å². The van der Waals surface area contributed by atoms with Crippen molar-refractivity contribution in [3.05, 3.63) is 0 Å². The zero-order valence-corrected chi connectivity index (χ0v) is 11.8. The molecule has 3 saturated carbocycles. The van der Waals surface area contributed by atoms with Gasteiger partial charge in [-0.1, -0.05) is 0 Å². The number of ether oxygens (including phenoxy) is 2. The largest absolute Gasteiger partial charge is 0.465 e. The molecule has 0 aromatic rings. The van der Waals surface area contributed by atoms with Gasteiger partial charge in [-0.25, -0.2) is 0 Å². The van der Waals surface area contributed by atoms with E-state index in [1.54, 1.807) is 0 Å². The molecule has 3 rings (SSSR count). The van der Waals surface area contributed by atoms with Crippen molar-refractivity contribution in [2.75, 3.05) is 6.61 Å². The highest BCUT2D eigenvalue weighted by Crippen LogP contribution is 2.38. The maximum absolute atomic E-state index is 12.3. The summed E-state index contributed by atoms with van der Waals surface area (Å²) in [6.45, 7) is 2.33. The molecule has 4 nitrogen and oxygen atoms in total. The van der Waals surface area contributed by atoms with Gasteiger partial charge in [-0.05, 0) is 51.9 Å². The summed E-state index contributed by atoms with van der Waals surface area (Å²) < 4.78 is 11.4. The fraction of sp³-hybridized carbons (Fsp3) is 0.933. The molecule has 0 amide bonds. The molecule has 0 radical (unpaired) electrons. The van der Waals surface area contributed by atoms with Gasteiger partial charge in [0.05, 0.1) is 18.8 Å². The Morgan fingerprint density at radius 1 is 1.21 bits per heavy atom. The van der Waals surface area contributed by atoms with Gasteiger partial charge >= 0.3 is 5.97 Å². The number of hydrogen-bond acceptors (Lipinski definition) is 4. The Labute approximate surface area is 115 Å². The molecular weight excluding hydrogens is 242 g/mol. The first-order valence-corrected chi connectivity index (χ1v) is 7.82. The predicted octanol–water partition coefficient (Wildman–Crippen LogP) is 2.16. The molecule has 3 fully saturated rings. The van der Waals surface area contributed by atoms with Crippen LogP contribution < -0.4 is 5.32 Å². The standard InChI is InChI=1S/C15H25NO3/c1-2-18-14(17)15(16-11-6-7-11)9-8-13(10-15)19-12-4-3-5-12/h11-13,16H,2-10H2,1H3. The van der Waals surface area contributed by atoms with E-state index in [4.69, 9.17) is 9.47 Å². The highest BCUT2D eigenvalue weighted by atomic mass is 16.5. The molecule has 0 spiro atoms. The monoisotopic (exact) mass is 267 g/mol. The molecule has 0 saturated heterocycles. The van der Waals surface area contributed by atoms with Gasteiger partial charge in [0, 0.05) is 12.5 Å². The minimum Gasteiger partial charge on any atom is -0.465 e. The molecule has 0 aromatic carbocycles. The van der Waals surface area contributed by atoms with E-state index in [1.807, 2.05) is 6.92 Å². The van der Waals surface area contributed by atoms with Gasteiger partial charge < -0.3 is 9.47 Å². The first kappa shape index (κ1) is 13.4. The van der Waals surface area contributed by atoms with Crippen LogP contribution in [0.15, 0.2) is 0 Å². The molecule has 0 aromatic heterocycles. The second-order valence-corrected chi connectivity index (χ2v) is 6.27. The van der Waals surface area contributed by atoms with Crippen molar-refractivity contribution in [1.82, 2.24) is 5.32 Å². The molecule has 2 atom stereocenters.